The first-order chi connectivity index (χ1) is 22.7. The Bertz CT molecular complexity index is 1990. The van der Waals surface area contributed by atoms with E-state index in [-0.39, 0.29) is 42.2 Å². The second kappa shape index (κ2) is 13.0. The first-order valence-corrected chi connectivity index (χ1v) is 15.5. The lowest BCUT2D eigenvalue weighted by Gasteiger charge is -2.17. The van der Waals surface area contributed by atoms with Crippen molar-refractivity contribution >= 4 is 34.5 Å². The number of imide groups is 1. The molecule has 1 aliphatic rings. The minimum atomic E-state index is -0.410. The van der Waals surface area contributed by atoms with E-state index in [4.69, 9.17) is 9.15 Å². The van der Waals surface area contributed by atoms with Gasteiger partial charge in [-0.15, -0.1) is 0 Å². The van der Waals surface area contributed by atoms with Crippen LogP contribution >= 0.6 is 0 Å². The van der Waals surface area contributed by atoms with Gasteiger partial charge < -0.3 is 14.5 Å². The van der Waals surface area contributed by atoms with E-state index in [0.717, 1.165) is 11.3 Å². The summed E-state index contributed by atoms with van der Waals surface area (Å²) in [5.41, 5.74) is 3.76. The zero-order chi connectivity index (χ0) is 33.2. The van der Waals surface area contributed by atoms with Gasteiger partial charge in [-0.2, -0.15) is 0 Å². The van der Waals surface area contributed by atoms with Crippen LogP contribution in [0.1, 0.15) is 68.1 Å². The number of ketones is 1. The van der Waals surface area contributed by atoms with Crippen LogP contribution < -0.4 is 10.1 Å². The van der Waals surface area contributed by atoms with Gasteiger partial charge >= 0.3 is 0 Å². The van der Waals surface area contributed by atoms with Gasteiger partial charge in [-0.25, -0.2) is 4.39 Å². The fraction of sp³-hybridized carbons (Fsp3) is 0.211. The zero-order valence-electron chi connectivity index (χ0n) is 26.3. The molecular weight excluding hydrogens is 599 g/mol. The summed E-state index contributed by atoms with van der Waals surface area (Å²) < 4.78 is 26.0. The zero-order valence-corrected chi connectivity index (χ0v) is 26.3. The number of nitrogens with zero attached hydrogens (tertiary/aromatic N) is 1. The average molecular weight is 633 g/mol. The summed E-state index contributed by atoms with van der Waals surface area (Å²) in [5.74, 6) is -0.440. The molecule has 0 unspecified atom stereocenters. The molecule has 0 aliphatic carbocycles. The number of halogens is 1. The Labute approximate surface area is 271 Å². The standard InChI is InChI=1S/C38H33FN2O6/c1-22(2)8-15-31(42)25-12-16-32(46-19-18-41-37(44)27-6-4-5-7-28(27)38(41)45)29(21-25)24-11-17-33-30(20-24)34(36(43)40-3)35(47-33)23-9-13-26(39)14-10-23/h4-7,9-14,16-17,20-22H,8,15,18-19H2,1-3H3,(H,40,43). The molecule has 8 nitrogen and oxygen atoms in total. The highest BCUT2D eigenvalue weighted by Gasteiger charge is 2.35. The maximum Gasteiger partial charge on any atom is 0.261 e. The summed E-state index contributed by atoms with van der Waals surface area (Å²) in [6.45, 7) is 4.18. The number of hydrogen-bond acceptors (Lipinski definition) is 6. The van der Waals surface area contributed by atoms with E-state index in [1.807, 2.05) is 6.07 Å². The van der Waals surface area contributed by atoms with Crippen molar-refractivity contribution in [1.82, 2.24) is 10.2 Å². The molecule has 5 aromatic rings. The number of nitrogens with one attached hydrogen (secondary N) is 1. The lowest BCUT2D eigenvalue weighted by atomic mass is 9.95. The summed E-state index contributed by atoms with van der Waals surface area (Å²) in [6.07, 6.45) is 1.13. The van der Waals surface area contributed by atoms with Crippen LogP contribution in [0, 0.1) is 11.7 Å². The Balaban J connectivity index is 1.37. The van der Waals surface area contributed by atoms with Crippen LogP contribution in [0.15, 0.2) is 89.3 Å². The number of amides is 3. The van der Waals surface area contributed by atoms with E-state index in [9.17, 15) is 23.6 Å². The fourth-order valence-corrected chi connectivity index (χ4v) is 5.73. The molecule has 9 heteroatoms. The van der Waals surface area contributed by atoms with Crippen LogP contribution in [-0.4, -0.2) is 48.6 Å². The third-order valence-electron chi connectivity index (χ3n) is 8.26. The molecule has 3 amide bonds. The number of Topliss-reactive ketones (excluding diaryl/α,β-unsaturated/α-hetero) is 1. The van der Waals surface area contributed by atoms with Gasteiger partial charge in [-0.1, -0.05) is 32.0 Å². The van der Waals surface area contributed by atoms with Gasteiger partial charge in [0.25, 0.3) is 17.7 Å². The number of carbonyl (C=O) groups is 4. The molecular formula is C38H33FN2O6. The minimum Gasteiger partial charge on any atom is -0.491 e. The van der Waals surface area contributed by atoms with E-state index in [2.05, 4.69) is 19.2 Å². The topological polar surface area (TPSA) is 106 Å². The van der Waals surface area contributed by atoms with Gasteiger partial charge in [-0.3, -0.25) is 24.1 Å². The Morgan fingerprint density at radius 1 is 0.872 bits per heavy atom. The van der Waals surface area contributed by atoms with Crippen LogP contribution in [0.3, 0.4) is 0 Å². The van der Waals surface area contributed by atoms with Crippen LogP contribution in [-0.2, 0) is 0 Å². The Kier molecular flexibility index (Phi) is 8.72. The highest BCUT2D eigenvalue weighted by molar-refractivity contribution is 6.21. The van der Waals surface area contributed by atoms with E-state index < -0.39 is 5.82 Å². The molecule has 2 heterocycles. The Morgan fingerprint density at radius 3 is 2.21 bits per heavy atom. The molecule has 6 rings (SSSR count). The molecule has 0 saturated heterocycles. The summed E-state index contributed by atoms with van der Waals surface area (Å²) in [6, 6.07) is 22.9. The third kappa shape index (κ3) is 6.16. The van der Waals surface area contributed by atoms with Crippen molar-refractivity contribution < 1.29 is 32.7 Å². The number of furan rings is 1. The van der Waals surface area contributed by atoms with Gasteiger partial charge in [0.15, 0.2) is 5.78 Å². The van der Waals surface area contributed by atoms with E-state index in [0.29, 0.717) is 68.2 Å². The van der Waals surface area contributed by atoms with Crippen molar-refractivity contribution in [3.63, 3.8) is 0 Å². The van der Waals surface area contributed by atoms with Crippen molar-refractivity contribution in [3.8, 4) is 28.2 Å². The SMILES string of the molecule is CNC(=O)c1c(-c2ccc(F)cc2)oc2ccc(-c3cc(C(=O)CCC(C)C)ccc3OCCN3C(=O)c4ccccc4C3=O)cc12. The van der Waals surface area contributed by atoms with Crippen molar-refractivity contribution in [1.29, 1.82) is 0 Å². The number of benzene rings is 4. The van der Waals surface area contributed by atoms with Crippen molar-refractivity contribution in [2.45, 2.75) is 26.7 Å². The molecule has 1 N–H and O–H groups in total. The number of hydrogen-bond donors (Lipinski definition) is 1. The lowest BCUT2D eigenvalue weighted by molar-refractivity contribution is 0.0630. The first-order valence-electron chi connectivity index (χ1n) is 15.5. The maximum atomic E-state index is 13.7. The van der Waals surface area contributed by atoms with E-state index in [1.54, 1.807) is 66.7 Å². The molecule has 0 bridgehead atoms. The monoisotopic (exact) mass is 632 g/mol. The lowest BCUT2D eigenvalue weighted by Crippen LogP contribution is -2.33. The predicted octanol–water partition coefficient (Wildman–Crippen LogP) is 7.56. The molecule has 0 spiro atoms. The summed E-state index contributed by atoms with van der Waals surface area (Å²) in [7, 11) is 1.52. The highest BCUT2D eigenvalue weighted by atomic mass is 19.1. The molecule has 0 atom stereocenters. The molecule has 47 heavy (non-hydrogen) atoms. The van der Waals surface area contributed by atoms with Gasteiger partial charge in [0.1, 0.15) is 29.5 Å². The third-order valence-corrected chi connectivity index (χ3v) is 8.26. The summed E-state index contributed by atoms with van der Waals surface area (Å²) >= 11 is 0. The summed E-state index contributed by atoms with van der Waals surface area (Å²) in [5, 5.41) is 3.19. The van der Waals surface area contributed by atoms with Gasteiger partial charge in [0, 0.05) is 35.5 Å². The molecule has 0 radical (unpaired) electrons. The number of rotatable bonds is 11. The second-order valence-electron chi connectivity index (χ2n) is 11.8. The van der Waals surface area contributed by atoms with Crippen molar-refractivity contribution in [2.75, 3.05) is 20.2 Å². The normalized spacial score (nSPS) is 12.6. The number of fused-ring (bicyclic) bond motifs is 2. The quantitative estimate of drug-likeness (QED) is 0.119. The Morgan fingerprint density at radius 2 is 1.55 bits per heavy atom. The van der Waals surface area contributed by atoms with Gasteiger partial charge in [0.05, 0.1) is 23.2 Å². The van der Waals surface area contributed by atoms with Crippen LogP contribution in [0.2, 0.25) is 0 Å². The smallest absolute Gasteiger partial charge is 0.261 e. The van der Waals surface area contributed by atoms with Crippen molar-refractivity contribution in [2.24, 2.45) is 5.92 Å². The van der Waals surface area contributed by atoms with Crippen LogP contribution in [0.5, 0.6) is 5.75 Å². The molecule has 4 aromatic carbocycles. The van der Waals surface area contributed by atoms with Gasteiger partial charge in [-0.05, 0) is 84.6 Å². The van der Waals surface area contributed by atoms with Crippen LogP contribution in [0.25, 0.3) is 33.4 Å². The average Bonchev–Trinajstić information content (AvgIpc) is 3.58. The van der Waals surface area contributed by atoms with Gasteiger partial charge in [0.2, 0.25) is 0 Å². The second-order valence-corrected chi connectivity index (χ2v) is 11.8. The minimum absolute atomic E-state index is 0.00782. The largest absolute Gasteiger partial charge is 0.491 e. The van der Waals surface area contributed by atoms with E-state index in [1.165, 1.54) is 19.2 Å². The van der Waals surface area contributed by atoms with Crippen molar-refractivity contribution in [3.05, 3.63) is 113 Å². The molecule has 238 valence electrons. The highest BCUT2D eigenvalue weighted by Crippen LogP contribution is 2.39. The summed E-state index contributed by atoms with van der Waals surface area (Å²) in [4.78, 5) is 53.3. The first kappa shape index (κ1) is 31.4. The predicted molar refractivity (Wildman–Crippen MR) is 176 cm³/mol. The van der Waals surface area contributed by atoms with E-state index >= 15 is 0 Å². The molecule has 1 aliphatic heterocycles. The molecule has 0 fully saturated rings. The fourth-order valence-electron chi connectivity index (χ4n) is 5.73. The number of ether oxygens (including phenoxy) is 1. The van der Waals surface area contributed by atoms with Crippen LogP contribution in [0.4, 0.5) is 4.39 Å². The Hall–Kier alpha value is -5.57. The maximum absolute atomic E-state index is 13.7. The molecule has 1 aromatic heterocycles. The number of carbonyl (C=O) groups excluding carboxylic acids is 4. The molecule has 0 saturated carbocycles.